The molecule has 2 saturated heterocycles. The molecule has 16 heavy (non-hydrogen) atoms. The van der Waals surface area contributed by atoms with Gasteiger partial charge in [-0.1, -0.05) is 0 Å². The smallest absolute Gasteiger partial charge is 0.317 e. The molecule has 2 aliphatic heterocycles. The zero-order valence-electron chi connectivity index (χ0n) is 7.91. The van der Waals surface area contributed by atoms with Crippen molar-refractivity contribution in [2.24, 2.45) is 35.5 Å². The van der Waals surface area contributed by atoms with Crippen molar-refractivity contribution in [2.45, 2.75) is 0 Å². The van der Waals surface area contributed by atoms with Crippen LogP contribution in [-0.2, 0) is 28.7 Å². The second kappa shape index (κ2) is 2.18. The maximum Gasteiger partial charge on any atom is 0.317 e. The molecule has 0 aromatic rings. The second-order valence-electron chi connectivity index (χ2n) is 4.74. The lowest BCUT2D eigenvalue weighted by atomic mass is 10.1. The van der Waals surface area contributed by atoms with Crippen molar-refractivity contribution in [3.05, 3.63) is 0 Å². The molecule has 0 aromatic heterocycles. The lowest BCUT2D eigenvalue weighted by Gasteiger charge is -2.04. The molecule has 82 valence electrons. The van der Waals surface area contributed by atoms with Crippen molar-refractivity contribution in [1.29, 1.82) is 0 Å². The van der Waals surface area contributed by atoms with Gasteiger partial charge >= 0.3 is 23.9 Å². The third-order valence-corrected chi connectivity index (χ3v) is 4.09. The van der Waals surface area contributed by atoms with Crippen molar-refractivity contribution >= 4 is 23.9 Å². The number of hydrogen-bond donors (Lipinski definition) is 0. The van der Waals surface area contributed by atoms with Gasteiger partial charge in [-0.3, -0.25) is 19.2 Å². The van der Waals surface area contributed by atoms with Crippen LogP contribution in [0.1, 0.15) is 0 Å². The Balaban J connectivity index is 1.60. The summed E-state index contributed by atoms with van der Waals surface area (Å²) in [6.45, 7) is 0. The molecule has 0 radical (unpaired) electrons. The fourth-order valence-corrected chi connectivity index (χ4v) is 3.31. The normalized spacial score (nSPS) is 52.0. The van der Waals surface area contributed by atoms with E-state index < -0.39 is 47.5 Å². The summed E-state index contributed by atoms with van der Waals surface area (Å²) >= 11 is 0. The summed E-state index contributed by atoms with van der Waals surface area (Å²) in [7, 11) is 0. The van der Waals surface area contributed by atoms with Gasteiger partial charge in [-0.2, -0.15) is 0 Å². The van der Waals surface area contributed by atoms with E-state index in [0.29, 0.717) is 0 Å². The minimum atomic E-state index is -0.509. The molecular formula is C10H6O6. The first kappa shape index (κ1) is 8.43. The van der Waals surface area contributed by atoms with E-state index in [1.165, 1.54) is 0 Å². The molecular weight excluding hydrogens is 216 g/mol. The maximum atomic E-state index is 11.2. The topological polar surface area (TPSA) is 86.7 Å². The first-order valence-corrected chi connectivity index (χ1v) is 5.12. The highest BCUT2D eigenvalue weighted by molar-refractivity contribution is 6.05. The van der Waals surface area contributed by atoms with Crippen molar-refractivity contribution in [3.63, 3.8) is 0 Å². The molecule has 0 amide bonds. The minimum Gasteiger partial charge on any atom is -0.393 e. The van der Waals surface area contributed by atoms with Crippen LogP contribution in [0.4, 0.5) is 0 Å². The second-order valence-corrected chi connectivity index (χ2v) is 4.74. The molecule has 0 bridgehead atoms. The quantitative estimate of drug-likeness (QED) is 0.412. The van der Waals surface area contributed by atoms with Crippen LogP contribution < -0.4 is 0 Å². The average molecular weight is 222 g/mol. The van der Waals surface area contributed by atoms with Crippen molar-refractivity contribution in [1.82, 2.24) is 0 Å². The van der Waals surface area contributed by atoms with Crippen LogP contribution in [0.5, 0.6) is 0 Å². The van der Waals surface area contributed by atoms with Crippen LogP contribution in [0.15, 0.2) is 0 Å². The highest BCUT2D eigenvalue weighted by Crippen LogP contribution is 2.69. The Kier molecular flexibility index (Phi) is 1.15. The molecule has 6 heteroatoms. The van der Waals surface area contributed by atoms with E-state index in [4.69, 9.17) is 0 Å². The Labute approximate surface area is 88.9 Å². The van der Waals surface area contributed by atoms with Crippen molar-refractivity contribution in [3.8, 4) is 0 Å². The zero-order valence-corrected chi connectivity index (χ0v) is 7.91. The van der Waals surface area contributed by atoms with Crippen molar-refractivity contribution in [2.75, 3.05) is 0 Å². The summed E-state index contributed by atoms with van der Waals surface area (Å²) in [4.78, 5) is 44.8. The number of rotatable bonds is 1. The molecule has 4 rings (SSSR count). The Morgan fingerprint density at radius 3 is 1.06 bits per heavy atom. The summed E-state index contributed by atoms with van der Waals surface area (Å²) in [5.41, 5.74) is 0. The van der Waals surface area contributed by atoms with E-state index >= 15 is 0 Å². The molecule has 0 aromatic carbocycles. The maximum absolute atomic E-state index is 11.2. The van der Waals surface area contributed by atoms with E-state index in [-0.39, 0.29) is 11.8 Å². The van der Waals surface area contributed by atoms with E-state index in [9.17, 15) is 19.2 Å². The van der Waals surface area contributed by atoms with Crippen LogP contribution in [0, 0.1) is 35.5 Å². The van der Waals surface area contributed by atoms with Crippen LogP contribution in [-0.4, -0.2) is 23.9 Å². The summed E-state index contributed by atoms with van der Waals surface area (Å²) in [5.74, 6) is -4.02. The first-order valence-electron chi connectivity index (χ1n) is 5.12. The van der Waals surface area contributed by atoms with Gasteiger partial charge in [0.2, 0.25) is 0 Å². The minimum absolute atomic E-state index is 0.166. The molecule has 2 heterocycles. The number of ether oxygens (including phenoxy) is 2. The monoisotopic (exact) mass is 222 g/mol. The van der Waals surface area contributed by atoms with Gasteiger partial charge in [0, 0.05) is 0 Å². The lowest BCUT2D eigenvalue weighted by Crippen LogP contribution is -2.17. The fraction of sp³-hybridized carbons (Fsp3) is 0.600. The third kappa shape index (κ3) is 0.730. The standard InChI is InChI=1S/C10H6O6/c11-7-3-1(4(3)8(12)15-7)2-5-6(2)10(14)16-9(5)13/h1-6H. The number of fused-ring (bicyclic) bond motifs is 2. The molecule has 2 aliphatic carbocycles. The Bertz CT molecular complexity index is 396. The van der Waals surface area contributed by atoms with Gasteiger partial charge in [0.25, 0.3) is 0 Å². The molecule has 2 saturated carbocycles. The Hall–Kier alpha value is -1.72. The molecule has 0 spiro atoms. The average Bonchev–Trinajstić information content (AvgIpc) is 3.04. The highest BCUT2D eigenvalue weighted by atomic mass is 16.6. The van der Waals surface area contributed by atoms with E-state index in [0.717, 1.165) is 0 Å². The number of cyclic esters (lactones) is 4. The number of hydrogen-bond acceptors (Lipinski definition) is 6. The first-order chi connectivity index (χ1) is 7.61. The number of esters is 4. The third-order valence-electron chi connectivity index (χ3n) is 4.09. The van der Waals surface area contributed by atoms with E-state index in [2.05, 4.69) is 9.47 Å². The van der Waals surface area contributed by atoms with Crippen LogP contribution in [0.2, 0.25) is 0 Å². The molecule has 4 unspecified atom stereocenters. The predicted molar refractivity (Wildman–Crippen MR) is 43.1 cm³/mol. The molecule has 0 N–H and O–H groups in total. The van der Waals surface area contributed by atoms with Crippen LogP contribution >= 0.6 is 0 Å². The van der Waals surface area contributed by atoms with Gasteiger partial charge in [0.15, 0.2) is 0 Å². The van der Waals surface area contributed by atoms with Crippen molar-refractivity contribution < 1.29 is 28.7 Å². The molecule has 6 nitrogen and oxygen atoms in total. The SMILES string of the molecule is O=C1OC(=O)C2C1C2C1C2C(=O)OC(=O)C21. The highest BCUT2D eigenvalue weighted by Gasteiger charge is 2.79. The van der Waals surface area contributed by atoms with Gasteiger partial charge in [-0.15, -0.1) is 0 Å². The van der Waals surface area contributed by atoms with Crippen LogP contribution in [0.3, 0.4) is 0 Å². The molecule has 4 fully saturated rings. The van der Waals surface area contributed by atoms with E-state index in [1.54, 1.807) is 0 Å². The lowest BCUT2D eigenvalue weighted by molar-refractivity contribution is -0.160. The Morgan fingerprint density at radius 1 is 0.562 bits per heavy atom. The predicted octanol–water partition coefficient (Wildman–Crippen LogP) is -1.12. The van der Waals surface area contributed by atoms with Gasteiger partial charge in [0.1, 0.15) is 0 Å². The van der Waals surface area contributed by atoms with Gasteiger partial charge in [-0.05, 0) is 11.8 Å². The Morgan fingerprint density at radius 2 is 0.812 bits per heavy atom. The fourth-order valence-electron chi connectivity index (χ4n) is 3.31. The van der Waals surface area contributed by atoms with E-state index in [1.807, 2.05) is 0 Å². The largest absolute Gasteiger partial charge is 0.393 e. The molecule has 4 atom stereocenters. The number of carbonyl (C=O) groups excluding carboxylic acids is 4. The summed E-state index contributed by atoms with van der Waals surface area (Å²) in [6, 6.07) is 0. The summed E-state index contributed by atoms with van der Waals surface area (Å²) in [5, 5.41) is 0. The van der Waals surface area contributed by atoms with Gasteiger partial charge < -0.3 is 9.47 Å². The number of carbonyl (C=O) groups is 4. The zero-order chi connectivity index (χ0) is 11.2. The van der Waals surface area contributed by atoms with Crippen LogP contribution in [0.25, 0.3) is 0 Å². The van der Waals surface area contributed by atoms with Gasteiger partial charge in [-0.25, -0.2) is 0 Å². The van der Waals surface area contributed by atoms with Gasteiger partial charge in [0.05, 0.1) is 23.7 Å². The summed E-state index contributed by atoms with van der Waals surface area (Å²) in [6.07, 6.45) is 0. The molecule has 4 aliphatic rings. The summed E-state index contributed by atoms with van der Waals surface area (Å²) < 4.78 is 8.86.